The molecule has 2 amide bonds. The molecule has 96 valence electrons. The van der Waals surface area contributed by atoms with E-state index in [1.165, 1.54) is 55.6 Å². The van der Waals surface area contributed by atoms with Crippen LogP contribution in [0.25, 0.3) is 0 Å². The molecule has 3 aliphatic carbocycles. The third kappa shape index (κ3) is 1.25. The lowest BCUT2D eigenvalue weighted by Gasteiger charge is -2.38. The van der Waals surface area contributed by atoms with E-state index in [9.17, 15) is 9.59 Å². The summed E-state index contributed by atoms with van der Waals surface area (Å²) < 4.78 is 0. The molecule has 1 aliphatic heterocycles. The van der Waals surface area contributed by atoms with Crippen molar-refractivity contribution in [2.75, 3.05) is 6.54 Å². The average molecular weight is 245 g/mol. The third-order valence-electron chi connectivity index (χ3n) is 6.02. The molecular formula is C15H19NO2. The molecule has 3 nitrogen and oxygen atoms in total. The first kappa shape index (κ1) is 10.8. The summed E-state index contributed by atoms with van der Waals surface area (Å²) in [6.07, 6.45) is 10.7. The normalized spacial score (nSPS) is 45.3. The summed E-state index contributed by atoms with van der Waals surface area (Å²) in [5.41, 5.74) is 0.281. The van der Waals surface area contributed by atoms with E-state index in [1.807, 2.05) is 0 Å². The Bertz CT molecular complexity index is 437. The molecule has 18 heavy (non-hydrogen) atoms. The van der Waals surface area contributed by atoms with E-state index in [0.717, 1.165) is 17.8 Å². The van der Waals surface area contributed by atoms with Crippen molar-refractivity contribution in [3.63, 3.8) is 0 Å². The van der Waals surface area contributed by atoms with Gasteiger partial charge in [0.15, 0.2) is 0 Å². The predicted molar refractivity (Wildman–Crippen MR) is 66.5 cm³/mol. The summed E-state index contributed by atoms with van der Waals surface area (Å²) in [4.78, 5) is 25.0. The van der Waals surface area contributed by atoms with Gasteiger partial charge in [-0.3, -0.25) is 14.5 Å². The van der Waals surface area contributed by atoms with Gasteiger partial charge in [-0.05, 0) is 55.3 Å². The van der Waals surface area contributed by atoms with Crippen LogP contribution >= 0.6 is 0 Å². The van der Waals surface area contributed by atoms with Crippen molar-refractivity contribution < 1.29 is 9.59 Å². The number of rotatable bonds is 2. The number of carbonyl (C=O) groups is 2. The Morgan fingerprint density at radius 3 is 2.72 bits per heavy atom. The van der Waals surface area contributed by atoms with Gasteiger partial charge in [-0.1, -0.05) is 6.42 Å². The second kappa shape index (κ2) is 3.46. The van der Waals surface area contributed by atoms with E-state index in [1.54, 1.807) is 0 Å². The highest BCUT2D eigenvalue weighted by molar-refractivity contribution is 6.12. The summed E-state index contributed by atoms with van der Waals surface area (Å²) in [7, 11) is 0. The van der Waals surface area contributed by atoms with Crippen LogP contribution in [0.15, 0.2) is 12.2 Å². The molecule has 2 bridgehead atoms. The van der Waals surface area contributed by atoms with Crippen molar-refractivity contribution in [1.29, 1.82) is 0 Å². The van der Waals surface area contributed by atoms with Crippen LogP contribution in [0, 0.1) is 23.2 Å². The Balaban J connectivity index is 1.61. The summed E-state index contributed by atoms with van der Waals surface area (Å²) in [5, 5.41) is 0. The Morgan fingerprint density at radius 1 is 1.17 bits per heavy atom. The number of hydrogen-bond acceptors (Lipinski definition) is 2. The van der Waals surface area contributed by atoms with E-state index < -0.39 is 0 Å². The van der Waals surface area contributed by atoms with Gasteiger partial charge in [-0.25, -0.2) is 0 Å². The molecule has 1 heterocycles. The Labute approximate surface area is 107 Å². The zero-order valence-electron chi connectivity index (χ0n) is 10.6. The maximum absolute atomic E-state index is 11.8. The van der Waals surface area contributed by atoms with Crippen molar-refractivity contribution in [1.82, 2.24) is 4.90 Å². The zero-order valence-corrected chi connectivity index (χ0v) is 10.6. The van der Waals surface area contributed by atoms with Crippen LogP contribution in [0.2, 0.25) is 0 Å². The van der Waals surface area contributed by atoms with Gasteiger partial charge in [0.25, 0.3) is 11.8 Å². The van der Waals surface area contributed by atoms with Gasteiger partial charge < -0.3 is 0 Å². The Kier molecular flexibility index (Phi) is 2.07. The molecule has 0 radical (unpaired) electrons. The van der Waals surface area contributed by atoms with Gasteiger partial charge >= 0.3 is 0 Å². The minimum absolute atomic E-state index is 0.0979. The Morgan fingerprint density at radius 2 is 1.94 bits per heavy atom. The number of hydrogen-bond donors (Lipinski definition) is 0. The monoisotopic (exact) mass is 245 g/mol. The second-order valence-electron chi connectivity index (χ2n) is 6.66. The van der Waals surface area contributed by atoms with Gasteiger partial charge in [0.05, 0.1) is 0 Å². The molecule has 3 heteroatoms. The highest BCUT2D eigenvalue weighted by Gasteiger charge is 2.59. The molecule has 0 aromatic carbocycles. The van der Waals surface area contributed by atoms with Crippen LogP contribution in [0.4, 0.5) is 0 Å². The topological polar surface area (TPSA) is 37.4 Å². The van der Waals surface area contributed by atoms with Gasteiger partial charge in [0, 0.05) is 18.7 Å². The van der Waals surface area contributed by atoms with Crippen LogP contribution in [0.5, 0.6) is 0 Å². The molecule has 0 aromatic heterocycles. The minimum atomic E-state index is -0.0979. The number of nitrogens with zero attached hydrogens (tertiary/aromatic N) is 1. The number of fused-ring (bicyclic) bond motifs is 5. The molecule has 3 fully saturated rings. The van der Waals surface area contributed by atoms with Crippen molar-refractivity contribution in [3.8, 4) is 0 Å². The lowest BCUT2D eigenvalue weighted by atomic mass is 9.71. The van der Waals surface area contributed by atoms with Crippen LogP contribution in [0.3, 0.4) is 0 Å². The van der Waals surface area contributed by atoms with E-state index in [2.05, 4.69) is 0 Å². The lowest BCUT2D eigenvalue weighted by Crippen LogP contribution is -2.43. The average Bonchev–Trinajstić information content (AvgIpc) is 3.06. The summed E-state index contributed by atoms with van der Waals surface area (Å²) >= 11 is 0. The molecular weight excluding hydrogens is 226 g/mol. The molecule has 4 aliphatic rings. The maximum atomic E-state index is 11.8. The first-order valence-corrected chi connectivity index (χ1v) is 7.23. The molecule has 4 rings (SSSR count). The third-order valence-corrected chi connectivity index (χ3v) is 6.02. The fraction of sp³-hybridized carbons (Fsp3) is 0.733. The highest BCUT2D eigenvalue weighted by atomic mass is 16.2. The summed E-state index contributed by atoms with van der Waals surface area (Å²) in [6, 6.07) is 0. The quantitative estimate of drug-likeness (QED) is 0.699. The minimum Gasteiger partial charge on any atom is -0.275 e. The first-order valence-electron chi connectivity index (χ1n) is 7.23. The van der Waals surface area contributed by atoms with E-state index in [0.29, 0.717) is 6.54 Å². The fourth-order valence-corrected chi connectivity index (χ4v) is 5.38. The predicted octanol–water partition coefficient (Wildman–Crippen LogP) is 2.13. The van der Waals surface area contributed by atoms with Gasteiger partial charge in [-0.15, -0.1) is 0 Å². The SMILES string of the molecule is O=C1C=CC(=O)N1CC12CCC(C1)C1CCCC12. The molecule has 0 spiro atoms. The summed E-state index contributed by atoms with van der Waals surface area (Å²) in [5.74, 6) is 2.38. The highest BCUT2D eigenvalue weighted by Crippen LogP contribution is 2.65. The van der Waals surface area contributed by atoms with Crippen molar-refractivity contribution in [3.05, 3.63) is 12.2 Å². The van der Waals surface area contributed by atoms with Crippen LogP contribution in [0.1, 0.15) is 38.5 Å². The van der Waals surface area contributed by atoms with Crippen LogP contribution in [-0.2, 0) is 9.59 Å². The lowest BCUT2D eigenvalue weighted by molar-refractivity contribution is -0.139. The van der Waals surface area contributed by atoms with Gasteiger partial charge in [0.2, 0.25) is 0 Å². The second-order valence-corrected chi connectivity index (χ2v) is 6.66. The standard InChI is InChI=1S/C15H19NO2/c17-13-4-5-14(18)16(13)9-15-7-6-10(8-15)11-2-1-3-12(11)15/h4-5,10-12H,1-3,6-9H2. The molecule has 0 N–H and O–H groups in total. The van der Waals surface area contributed by atoms with Gasteiger partial charge in [-0.2, -0.15) is 0 Å². The summed E-state index contributed by atoms with van der Waals surface area (Å²) in [6.45, 7) is 0.690. The largest absolute Gasteiger partial charge is 0.275 e. The van der Waals surface area contributed by atoms with Crippen molar-refractivity contribution >= 4 is 11.8 Å². The molecule has 4 atom stereocenters. The van der Waals surface area contributed by atoms with Crippen LogP contribution in [-0.4, -0.2) is 23.3 Å². The van der Waals surface area contributed by atoms with Crippen molar-refractivity contribution in [2.45, 2.75) is 38.5 Å². The zero-order chi connectivity index (χ0) is 12.3. The van der Waals surface area contributed by atoms with E-state index in [4.69, 9.17) is 0 Å². The maximum Gasteiger partial charge on any atom is 0.253 e. The van der Waals surface area contributed by atoms with E-state index >= 15 is 0 Å². The number of amides is 2. The number of carbonyl (C=O) groups excluding carboxylic acids is 2. The molecule has 0 aromatic rings. The smallest absolute Gasteiger partial charge is 0.253 e. The molecule has 3 saturated carbocycles. The molecule has 0 saturated heterocycles. The fourth-order valence-electron chi connectivity index (χ4n) is 5.38. The van der Waals surface area contributed by atoms with Gasteiger partial charge in [0.1, 0.15) is 0 Å². The Hall–Kier alpha value is -1.12. The first-order chi connectivity index (χ1) is 8.70. The van der Waals surface area contributed by atoms with Crippen molar-refractivity contribution in [2.24, 2.45) is 23.2 Å². The number of imide groups is 1. The van der Waals surface area contributed by atoms with E-state index in [-0.39, 0.29) is 17.2 Å². The molecule has 4 unspecified atom stereocenters. The van der Waals surface area contributed by atoms with Crippen LogP contribution < -0.4 is 0 Å².